The molecular formula is C20H30ClNO2. The minimum absolute atomic E-state index is 0. The molecule has 2 fully saturated rings. The van der Waals surface area contributed by atoms with Gasteiger partial charge in [-0.05, 0) is 51.6 Å². The Hall–Kier alpha value is -1.06. The Kier molecular flexibility index (Phi) is 6.33. The topological polar surface area (TPSA) is 29.5 Å². The maximum atomic E-state index is 13.2. The Morgan fingerprint density at radius 2 is 1.92 bits per heavy atom. The molecule has 1 aromatic rings. The molecule has 1 saturated heterocycles. The van der Waals surface area contributed by atoms with Crippen LogP contribution in [0.1, 0.15) is 51.5 Å². The summed E-state index contributed by atoms with van der Waals surface area (Å²) in [5.41, 5.74) is 0.671. The molecule has 3 rings (SSSR count). The van der Waals surface area contributed by atoms with E-state index in [0.717, 1.165) is 18.4 Å². The highest BCUT2D eigenvalue weighted by Crippen LogP contribution is 2.50. The fraction of sp³-hybridized carbons (Fsp3) is 0.650. The summed E-state index contributed by atoms with van der Waals surface area (Å²) in [5.74, 6) is 0.349. The number of halogens is 1. The summed E-state index contributed by atoms with van der Waals surface area (Å²) in [6.07, 6.45) is 5.66. The minimum atomic E-state index is -0.478. The van der Waals surface area contributed by atoms with Crippen LogP contribution < -0.4 is 0 Å². The summed E-state index contributed by atoms with van der Waals surface area (Å²) in [6.45, 7) is 4.62. The van der Waals surface area contributed by atoms with E-state index in [0.29, 0.717) is 24.6 Å². The molecule has 0 aromatic heterocycles. The third-order valence-electron chi connectivity index (χ3n) is 6.13. The highest BCUT2D eigenvalue weighted by molar-refractivity contribution is 5.85. The van der Waals surface area contributed by atoms with Crippen LogP contribution in [-0.2, 0) is 14.9 Å². The molecule has 0 radical (unpaired) electrons. The van der Waals surface area contributed by atoms with Crippen LogP contribution in [0.4, 0.5) is 0 Å². The predicted molar refractivity (Wildman–Crippen MR) is 99.6 cm³/mol. The molecule has 1 aromatic carbocycles. The van der Waals surface area contributed by atoms with Gasteiger partial charge in [-0.25, -0.2) is 0 Å². The number of likely N-dealkylation sites (tertiary alicyclic amines) is 1. The molecule has 4 heteroatoms. The van der Waals surface area contributed by atoms with Gasteiger partial charge in [0, 0.05) is 12.1 Å². The van der Waals surface area contributed by atoms with E-state index in [1.807, 2.05) is 13.0 Å². The fourth-order valence-electron chi connectivity index (χ4n) is 4.94. The second-order valence-electron chi connectivity index (χ2n) is 7.23. The van der Waals surface area contributed by atoms with Gasteiger partial charge < -0.3 is 9.64 Å². The van der Waals surface area contributed by atoms with E-state index in [4.69, 9.17) is 4.74 Å². The molecule has 2 aliphatic rings. The van der Waals surface area contributed by atoms with E-state index in [1.54, 1.807) is 0 Å². The standard InChI is InChI=1S/C20H29NO2.ClH/c1-4-23-19(22)20(16-10-6-5-7-11-16)14-15(2)21(3)18-13-9-8-12-17(18)20;/h5-7,10-11,15,17-18H,4,8-9,12-14H2,1-3H3;1H/t15-,17+,18+,20+;/m1./s1. The summed E-state index contributed by atoms with van der Waals surface area (Å²) in [7, 11) is 2.23. The summed E-state index contributed by atoms with van der Waals surface area (Å²) in [4.78, 5) is 15.7. The van der Waals surface area contributed by atoms with E-state index in [-0.39, 0.29) is 18.4 Å². The first-order chi connectivity index (χ1) is 11.1. The fourth-order valence-corrected chi connectivity index (χ4v) is 4.94. The van der Waals surface area contributed by atoms with Crippen LogP contribution in [0.2, 0.25) is 0 Å². The van der Waals surface area contributed by atoms with Crippen molar-refractivity contribution >= 4 is 18.4 Å². The lowest BCUT2D eigenvalue weighted by atomic mass is 9.57. The first kappa shape index (κ1) is 19.3. The van der Waals surface area contributed by atoms with Gasteiger partial charge in [-0.1, -0.05) is 43.2 Å². The highest BCUT2D eigenvalue weighted by atomic mass is 35.5. The number of carbonyl (C=O) groups is 1. The van der Waals surface area contributed by atoms with Crippen LogP contribution in [0.3, 0.4) is 0 Å². The van der Waals surface area contributed by atoms with E-state index in [2.05, 4.69) is 43.1 Å². The van der Waals surface area contributed by atoms with Crippen molar-refractivity contribution in [1.29, 1.82) is 0 Å². The van der Waals surface area contributed by atoms with Crippen molar-refractivity contribution < 1.29 is 9.53 Å². The molecule has 0 N–H and O–H groups in total. The molecule has 0 spiro atoms. The largest absolute Gasteiger partial charge is 0.465 e. The first-order valence-corrected chi connectivity index (χ1v) is 9.06. The number of esters is 1. The molecule has 1 saturated carbocycles. The zero-order valence-electron chi connectivity index (χ0n) is 15.0. The van der Waals surface area contributed by atoms with Crippen molar-refractivity contribution in [2.24, 2.45) is 5.92 Å². The Labute approximate surface area is 152 Å². The predicted octanol–water partition coefficient (Wildman–Crippen LogP) is 4.19. The van der Waals surface area contributed by atoms with Crippen molar-refractivity contribution in [3.63, 3.8) is 0 Å². The lowest BCUT2D eigenvalue weighted by molar-refractivity contribution is -0.160. The molecule has 134 valence electrons. The lowest BCUT2D eigenvalue weighted by Crippen LogP contribution is -2.62. The van der Waals surface area contributed by atoms with E-state index >= 15 is 0 Å². The van der Waals surface area contributed by atoms with Gasteiger partial charge in [0.15, 0.2) is 0 Å². The number of ether oxygens (including phenoxy) is 1. The zero-order chi connectivity index (χ0) is 16.4. The number of piperidine rings is 1. The van der Waals surface area contributed by atoms with Gasteiger partial charge in [-0.15, -0.1) is 12.4 Å². The van der Waals surface area contributed by atoms with E-state index < -0.39 is 5.41 Å². The molecule has 3 nitrogen and oxygen atoms in total. The van der Waals surface area contributed by atoms with Crippen molar-refractivity contribution in [1.82, 2.24) is 4.90 Å². The smallest absolute Gasteiger partial charge is 0.316 e. The quantitative estimate of drug-likeness (QED) is 0.764. The molecular weight excluding hydrogens is 322 g/mol. The Morgan fingerprint density at radius 3 is 2.58 bits per heavy atom. The Balaban J connectivity index is 0.00000208. The maximum absolute atomic E-state index is 13.2. The van der Waals surface area contributed by atoms with Gasteiger partial charge in [0.2, 0.25) is 0 Å². The number of carbonyl (C=O) groups excluding carboxylic acids is 1. The highest BCUT2D eigenvalue weighted by Gasteiger charge is 2.56. The molecule has 0 amide bonds. The maximum Gasteiger partial charge on any atom is 0.316 e. The van der Waals surface area contributed by atoms with E-state index in [1.165, 1.54) is 19.3 Å². The zero-order valence-corrected chi connectivity index (χ0v) is 15.8. The second kappa shape index (κ2) is 7.88. The number of hydrogen-bond donors (Lipinski definition) is 0. The van der Waals surface area contributed by atoms with Gasteiger partial charge in [0.1, 0.15) is 0 Å². The summed E-state index contributed by atoms with van der Waals surface area (Å²) < 4.78 is 5.61. The molecule has 4 atom stereocenters. The van der Waals surface area contributed by atoms with Crippen LogP contribution in [-0.4, -0.2) is 36.6 Å². The number of benzene rings is 1. The summed E-state index contributed by atoms with van der Waals surface area (Å²) in [6, 6.07) is 11.3. The Bertz CT molecular complexity index is 550. The molecule has 1 aliphatic heterocycles. The van der Waals surface area contributed by atoms with Crippen molar-refractivity contribution in [2.75, 3.05) is 13.7 Å². The van der Waals surface area contributed by atoms with Gasteiger partial charge in [0.05, 0.1) is 12.0 Å². The third-order valence-corrected chi connectivity index (χ3v) is 6.13. The molecule has 0 bridgehead atoms. The van der Waals surface area contributed by atoms with Crippen LogP contribution in [0.25, 0.3) is 0 Å². The third kappa shape index (κ3) is 3.09. The van der Waals surface area contributed by atoms with E-state index in [9.17, 15) is 4.79 Å². The lowest BCUT2D eigenvalue weighted by Gasteiger charge is -2.55. The average molecular weight is 352 g/mol. The van der Waals surface area contributed by atoms with Gasteiger partial charge in [-0.3, -0.25) is 4.79 Å². The van der Waals surface area contributed by atoms with Gasteiger partial charge in [-0.2, -0.15) is 0 Å². The number of hydrogen-bond acceptors (Lipinski definition) is 3. The minimum Gasteiger partial charge on any atom is -0.465 e. The summed E-state index contributed by atoms with van der Waals surface area (Å²) in [5, 5.41) is 0. The Morgan fingerprint density at radius 1 is 1.25 bits per heavy atom. The van der Waals surface area contributed by atoms with Crippen LogP contribution in [0.5, 0.6) is 0 Å². The SMILES string of the molecule is CCOC(=O)[C@]1(c2ccccc2)C[C@@H](C)N(C)[C@H]2CCCC[C@@H]21.Cl. The molecule has 24 heavy (non-hydrogen) atoms. The summed E-state index contributed by atoms with van der Waals surface area (Å²) >= 11 is 0. The average Bonchev–Trinajstić information content (AvgIpc) is 2.59. The van der Waals surface area contributed by atoms with Crippen molar-refractivity contribution in [2.45, 2.75) is 63.5 Å². The van der Waals surface area contributed by atoms with Gasteiger partial charge >= 0.3 is 5.97 Å². The first-order valence-electron chi connectivity index (χ1n) is 9.06. The van der Waals surface area contributed by atoms with Crippen LogP contribution >= 0.6 is 12.4 Å². The number of nitrogens with zero attached hydrogens (tertiary/aromatic N) is 1. The monoisotopic (exact) mass is 351 g/mol. The van der Waals surface area contributed by atoms with Crippen LogP contribution in [0, 0.1) is 5.92 Å². The number of rotatable bonds is 3. The molecule has 1 heterocycles. The van der Waals surface area contributed by atoms with Crippen LogP contribution in [0.15, 0.2) is 30.3 Å². The molecule has 1 aliphatic carbocycles. The van der Waals surface area contributed by atoms with Gasteiger partial charge in [0.25, 0.3) is 0 Å². The normalized spacial score (nSPS) is 33.2. The van der Waals surface area contributed by atoms with Crippen molar-refractivity contribution in [3.8, 4) is 0 Å². The second-order valence-corrected chi connectivity index (χ2v) is 7.23. The van der Waals surface area contributed by atoms with Crippen molar-refractivity contribution in [3.05, 3.63) is 35.9 Å². The number of fused-ring (bicyclic) bond motifs is 1. The molecule has 0 unspecified atom stereocenters.